The third kappa shape index (κ3) is 6.61. The van der Waals surface area contributed by atoms with Gasteiger partial charge in [-0.1, -0.05) is 6.07 Å². The van der Waals surface area contributed by atoms with Crippen molar-refractivity contribution >= 4 is 29.9 Å². The minimum atomic E-state index is -0.0623. The minimum absolute atomic E-state index is 0. The van der Waals surface area contributed by atoms with E-state index in [1.54, 1.807) is 0 Å². The second kappa shape index (κ2) is 12.8. The molecule has 0 aromatic heterocycles. The molecule has 1 unspecified atom stereocenters. The van der Waals surface area contributed by atoms with Gasteiger partial charge in [0.1, 0.15) is 0 Å². The van der Waals surface area contributed by atoms with Gasteiger partial charge in [-0.05, 0) is 50.3 Å². The Kier molecular flexibility index (Phi) is 10.1. The molecule has 9 heteroatoms. The Morgan fingerprint density at radius 2 is 1.97 bits per heavy atom. The molecule has 3 aliphatic heterocycles. The van der Waals surface area contributed by atoms with E-state index >= 15 is 0 Å². The van der Waals surface area contributed by atoms with Crippen LogP contribution in [0, 0.1) is 0 Å². The number of ether oxygens (including phenoxy) is 5. The first kappa shape index (κ1) is 25.3. The molecule has 0 radical (unpaired) electrons. The van der Waals surface area contributed by atoms with Crippen LogP contribution in [0.15, 0.2) is 23.2 Å². The van der Waals surface area contributed by atoms with Gasteiger partial charge in [0.25, 0.3) is 0 Å². The van der Waals surface area contributed by atoms with Crippen LogP contribution in [0.1, 0.15) is 38.2 Å². The zero-order valence-corrected chi connectivity index (χ0v) is 21.2. The molecule has 3 heterocycles. The molecule has 0 amide bonds. The van der Waals surface area contributed by atoms with Gasteiger partial charge >= 0.3 is 0 Å². The van der Waals surface area contributed by atoms with Crippen molar-refractivity contribution in [3.63, 3.8) is 0 Å². The number of guanidine groups is 1. The van der Waals surface area contributed by atoms with E-state index in [1.807, 2.05) is 6.07 Å². The number of nitrogens with one attached hydrogen (secondary N) is 2. The van der Waals surface area contributed by atoms with Crippen molar-refractivity contribution in [3.8, 4) is 11.5 Å². The molecule has 0 saturated carbocycles. The monoisotopic (exact) mass is 561 g/mol. The van der Waals surface area contributed by atoms with Crippen molar-refractivity contribution in [3.05, 3.63) is 23.8 Å². The lowest BCUT2D eigenvalue weighted by Gasteiger charge is -2.36. The first-order chi connectivity index (χ1) is 15.3. The van der Waals surface area contributed by atoms with Crippen molar-refractivity contribution in [2.24, 2.45) is 4.99 Å². The molecule has 0 aliphatic carbocycles. The third-order valence-electron chi connectivity index (χ3n) is 6.17. The molecule has 0 spiro atoms. The predicted octanol–water partition coefficient (Wildman–Crippen LogP) is 2.83. The summed E-state index contributed by atoms with van der Waals surface area (Å²) in [5, 5.41) is 6.81. The number of benzene rings is 1. The Morgan fingerprint density at radius 3 is 2.75 bits per heavy atom. The maximum absolute atomic E-state index is 5.85. The molecule has 0 bridgehead atoms. The predicted molar refractivity (Wildman–Crippen MR) is 133 cm³/mol. The smallest absolute Gasteiger partial charge is 0.231 e. The number of hydrogen-bond donors (Lipinski definition) is 2. The van der Waals surface area contributed by atoms with Crippen LogP contribution in [-0.4, -0.2) is 71.5 Å². The summed E-state index contributed by atoms with van der Waals surface area (Å²) < 4.78 is 28.0. The molecular formula is C23H36IN3O5. The molecular weight excluding hydrogens is 525 g/mol. The fourth-order valence-corrected chi connectivity index (χ4v) is 4.27. The van der Waals surface area contributed by atoms with Gasteiger partial charge in [-0.2, -0.15) is 0 Å². The van der Waals surface area contributed by atoms with Crippen LogP contribution in [0.25, 0.3) is 0 Å². The first-order valence-corrected chi connectivity index (χ1v) is 11.5. The van der Waals surface area contributed by atoms with Gasteiger partial charge in [0.15, 0.2) is 17.5 Å². The molecule has 3 aliphatic rings. The van der Waals surface area contributed by atoms with E-state index in [0.717, 1.165) is 89.3 Å². The van der Waals surface area contributed by atoms with Crippen molar-refractivity contribution < 1.29 is 23.7 Å². The molecule has 180 valence electrons. The number of aliphatic imine (C=N–C) groups is 1. The molecule has 8 nitrogen and oxygen atoms in total. The molecule has 2 fully saturated rings. The topological polar surface area (TPSA) is 82.6 Å². The lowest BCUT2D eigenvalue weighted by molar-refractivity contribution is 0.0419. The first-order valence-electron chi connectivity index (χ1n) is 11.5. The van der Waals surface area contributed by atoms with E-state index in [0.29, 0.717) is 13.3 Å². The average Bonchev–Trinajstić information content (AvgIpc) is 3.49. The van der Waals surface area contributed by atoms with Crippen LogP contribution in [0.5, 0.6) is 11.5 Å². The number of nitrogens with zero attached hydrogens (tertiary/aromatic N) is 1. The fourth-order valence-electron chi connectivity index (χ4n) is 4.27. The third-order valence-corrected chi connectivity index (χ3v) is 6.17. The Balaban J connectivity index is 0.00000289. The summed E-state index contributed by atoms with van der Waals surface area (Å²) in [7, 11) is 0. The van der Waals surface area contributed by atoms with Gasteiger partial charge < -0.3 is 34.3 Å². The number of hydrogen-bond acceptors (Lipinski definition) is 6. The number of fused-ring (bicyclic) bond motifs is 1. The van der Waals surface area contributed by atoms with Gasteiger partial charge in [-0.25, -0.2) is 0 Å². The largest absolute Gasteiger partial charge is 0.454 e. The SMILES string of the molecule is CCNC(=NCC1(c2ccc3c(c2)OCO3)CCOCC1)NCCCOC1CCOC1.I. The highest BCUT2D eigenvalue weighted by Gasteiger charge is 2.35. The molecule has 32 heavy (non-hydrogen) atoms. The van der Waals surface area contributed by atoms with Gasteiger partial charge in [-0.15, -0.1) is 24.0 Å². The fraction of sp³-hybridized carbons (Fsp3) is 0.696. The molecule has 2 saturated heterocycles. The van der Waals surface area contributed by atoms with E-state index in [1.165, 1.54) is 5.56 Å². The number of rotatable bonds is 9. The lowest BCUT2D eigenvalue weighted by Crippen LogP contribution is -2.41. The Labute approximate surface area is 207 Å². The number of halogens is 1. The van der Waals surface area contributed by atoms with Crippen LogP contribution in [0.2, 0.25) is 0 Å². The van der Waals surface area contributed by atoms with Crippen LogP contribution >= 0.6 is 24.0 Å². The van der Waals surface area contributed by atoms with Gasteiger partial charge in [0.05, 0.1) is 19.3 Å². The second-order valence-electron chi connectivity index (χ2n) is 8.29. The molecule has 1 aromatic rings. The minimum Gasteiger partial charge on any atom is -0.454 e. The zero-order chi connectivity index (χ0) is 21.4. The lowest BCUT2D eigenvalue weighted by atomic mass is 9.74. The molecule has 4 rings (SSSR count). The van der Waals surface area contributed by atoms with E-state index in [4.69, 9.17) is 28.7 Å². The highest BCUT2D eigenvalue weighted by Crippen LogP contribution is 2.41. The summed E-state index contributed by atoms with van der Waals surface area (Å²) in [6, 6.07) is 6.28. The summed E-state index contributed by atoms with van der Waals surface area (Å²) in [5.41, 5.74) is 1.18. The summed E-state index contributed by atoms with van der Waals surface area (Å²) in [5.74, 6) is 2.49. The highest BCUT2D eigenvalue weighted by atomic mass is 127. The van der Waals surface area contributed by atoms with Crippen molar-refractivity contribution in [2.75, 3.05) is 59.5 Å². The summed E-state index contributed by atoms with van der Waals surface area (Å²) in [6.07, 6.45) is 4.07. The van der Waals surface area contributed by atoms with Crippen LogP contribution < -0.4 is 20.1 Å². The summed E-state index contributed by atoms with van der Waals surface area (Å²) in [4.78, 5) is 4.96. The van der Waals surface area contributed by atoms with Gasteiger partial charge in [-0.3, -0.25) is 4.99 Å². The maximum atomic E-state index is 5.85. The Bertz CT molecular complexity index is 736. The Morgan fingerprint density at radius 1 is 1.12 bits per heavy atom. The van der Waals surface area contributed by atoms with Crippen molar-refractivity contribution in [2.45, 2.75) is 44.1 Å². The van der Waals surface area contributed by atoms with Gasteiger partial charge in [0.2, 0.25) is 6.79 Å². The molecule has 1 aromatic carbocycles. The zero-order valence-electron chi connectivity index (χ0n) is 18.9. The van der Waals surface area contributed by atoms with Crippen molar-refractivity contribution in [1.82, 2.24) is 10.6 Å². The Hall–Kier alpha value is -1.30. The quantitative estimate of drug-likeness (QED) is 0.208. The van der Waals surface area contributed by atoms with Crippen LogP contribution in [0.4, 0.5) is 0 Å². The van der Waals surface area contributed by atoms with Crippen LogP contribution in [0.3, 0.4) is 0 Å². The molecule has 2 N–H and O–H groups in total. The average molecular weight is 561 g/mol. The maximum Gasteiger partial charge on any atom is 0.231 e. The van der Waals surface area contributed by atoms with Gasteiger partial charge in [0, 0.05) is 44.9 Å². The van der Waals surface area contributed by atoms with Crippen molar-refractivity contribution in [1.29, 1.82) is 0 Å². The van der Waals surface area contributed by atoms with E-state index in [9.17, 15) is 0 Å². The normalized spacial score (nSPS) is 21.8. The second-order valence-corrected chi connectivity index (χ2v) is 8.29. The standard InChI is InChI=1S/C23H35N3O5.HI/c1-2-24-22(25-9-3-10-29-19-6-11-28-15-19)26-16-23(7-12-27-13-8-23)18-4-5-20-21(14-18)31-17-30-20;/h4-5,14,19H,2-3,6-13,15-17H2,1H3,(H2,24,25,26);1H. The van der Waals surface area contributed by atoms with Crippen LogP contribution in [-0.2, 0) is 19.6 Å². The molecule has 1 atom stereocenters. The summed E-state index contributed by atoms with van der Waals surface area (Å²) >= 11 is 0. The van der Waals surface area contributed by atoms with E-state index in [-0.39, 0.29) is 35.5 Å². The van der Waals surface area contributed by atoms with E-state index in [2.05, 4.69) is 29.7 Å². The highest BCUT2D eigenvalue weighted by molar-refractivity contribution is 14.0. The summed E-state index contributed by atoms with van der Waals surface area (Å²) in [6.45, 7) is 8.48. The van der Waals surface area contributed by atoms with E-state index < -0.39 is 0 Å².